The average Bonchev–Trinajstić information content (AvgIpc) is 3.83. The average molecular weight is 672 g/mol. The fourth-order valence-electron chi connectivity index (χ4n) is 6.34. The van der Waals surface area contributed by atoms with Gasteiger partial charge in [-0.1, -0.05) is 29.8 Å². The van der Waals surface area contributed by atoms with Gasteiger partial charge in [-0.2, -0.15) is 0 Å². The summed E-state index contributed by atoms with van der Waals surface area (Å²) in [5.41, 5.74) is 5.31. The lowest BCUT2D eigenvalue weighted by atomic mass is 9.86. The molecule has 2 fully saturated rings. The number of nitrogens with zero attached hydrogens (tertiary/aromatic N) is 3. The number of nitrogens with one attached hydrogen (secondary N) is 4. The van der Waals surface area contributed by atoms with E-state index in [1.807, 2.05) is 48.4 Å². The molecule has 47 heavy (non-hydrogen) atoms. The van der Waals surface area contributed by atoms with Gasteiger partial charge in [0.05, 0.1) is 33.6 Å². The van der Waals surface area contributed by atoms with Crippen LogP contribution in [-0.2, 0) is 22.7 Å². The van der Waals surface area contributed by atoms with Crippen molar-refractivity contribution in [1.29, 1.82) is 0 Å². The molecule has 0 bridgehead atoms. The predicted molar refractivity (Wildman–Crippen MR) is 182 cm³/mol. The first kappa shape index (κ1) is 31.3. The summed E-state index contributed by atoms with van der Waals surface area (Å²) in [5, 5.41) is 24.3. The number of allylic oxidation sites excluding steroid dienone is 1. The van der Waals surface area contributed by atoms with E-state index in [0.29, 0.717) is 72.2 Å². The number of thiazole rings is 1. The van der Waals surface area contributed by atoms with E-state index < -0.39 is 5.97 Å². The van der Waals surface area contributed by atoms with Crippen molar-refractivity contribution in [2.24, 2.45) is 5.92 Å². The first-order chi connectivity index (χ1) is 22.9. The minimum Gasteiger partial charge on any atom is -0.481 e. The number of aliphatic carboxylic acids is 1. The Morgan fingerprint density at radius 3 is 2.79 bits per heavy atom. The molecule has 2 aromatic carbocycles. The van der Waals surface area contributed by atoms with Crippen LogP contribution in [0, 0.1) is 5.92 Å². The highest BCUT2D eigenvalue weighted by atomic mass is 35.5. The van der Waals surface area contributed by atoms with Crippen molar-refractivity contribution >= 4 is 67.7 Å². The molecule has 1 aliphatic carbocycles. The molecule has 7 rings (SSSR count). The number of carbonyl (C=O) groups is 1. The topological polar surface area (TPSA) is 154 Å². The van der Waals surface area contributed by atoms with Crippen molar-refractivity contribution in [2.45, 2.75) is 63.7 Å². The van der Waals surface area contributed by atoms with Crippen molar-refractivity contribution < 1.29 is 19.1 Å². The number of carboxylic acids is 1. The fraction of sp³-hybridized carbons (Fsp3) is 0.353. The summed E-state index contributed by atoms with van der Waals surface area (Å²) in [7, 11) is 0. The first-order valence-corrected chi connectivity index (χ1v) is 17.0. The van der Waals surface area contributed by atoms with E-state index in [-0.39, 0.29) is 12.0 Å². The maximum Gasteiger partial charge on any atom is 0.306 e. The molecule has 4 heterocycles. The summed E-state index contributed by atoms with van der Waals surface area (Å²) in [4.78, 5) is 36.3. The third kappa shape index (κ3) is 7.02. The molecular weight excluding hydrogens is 638 g/mol. The minimum absolute atomic E-state index is 0.199. The van der Waals surface area contributed by atoms with Gasteiger partial charge >= 0.3 is 5.97 Å². The second kappa shape index (κ2) is 13.8. The lowest BCUT2D eigenvalue weighted by Crippen LogP contribution is -2.34. The Balaban J connectivity index is 1.02. The van der Waals surface area contributed by atoms with Crippen molar-refractivity contribution in [2.75, 3.05) is 11.9 Å². The minimum atomic E-state index is -0.690. The van der Waals surface area contributed by atoms with Crippen LogP contribution in [0.15, 0.2) is 58.8 Å². The molecule has 0 radical (unpaired) electrons. The summed E-state index contributed by atoms with van der Waals surface area (Å²) >= 11 is 8.60. The van der Waals surface area contributed by atoms with Crippen LogP contribution < -0.4 is 21.3 Å². The third-order valence-electron chi connectivity index (χ3n) is 8.88. The predicted octanol–water partition coefficient (Wildman–Crippen LogP) is 6.19. The number of hydrogen-bond acceptors (Lipinski definition) is 11. The summed E-state index contributed by atoms with van der Waals surface area (Å²) in [6, 6.07) is 14.1. The zero-order chi connectivity index (χ0) is 32.3. The van der Waals surface area contributed by atoms with E-state index in [9.17, 15) is 14.7 Å². The number of rotatable bonds is 11. The van der Waals surface area contributed by atoms with Gasteiger partial charge in [0.15, 0.2) is 11.4 Å². The number of aromatic nitrogens is 3. The Bertz CT molecular complexity index is 1980. The van der Waals surface area contributed by atoms with Crippen LogP contribution in [0.25, 0.3) is 32.4 Å². The SMILES string of the molecule is O=C=C1CC[C@@H](CNCc2nc3cc(-c4cccc(Nc5nccc6sc(CNC7CCC(C(=O)O)CC7)nc56)c4Cl)ccc3o2)N1. The smallest absolute Gasteiger partial charge is 0.306 e. The highest BCUT2D eigenvalue weighted by Gasteiger charge is 2.26. The fourth-order valence-corrected chi connectivity index (χ4v) is 7.53. The number of benzene rings is 2. The molecule has 0 amide bonds. The Morgan fingerprint density at radius 1 is 1.11 bits per heavy atom. The van der Waals surface area contributed by atoms with Crippen LogP contribution in [-0.4, -0.2) is 50.6 Å². The molecular formula is C34H34ClN7O4S. The van der Waals surface area contributed by atoms with Crippen molar-refractivity contribution in [3.05, 3.63) is 70.3 Å². The molecule has 2 aliphatic rings. The lowest BCUT2D eigenvalue weighted by Gasteiger charge is -2.26. The molecule has 3 aromatic heterocycles. The molecule has 242 valence electrons. The van der Waals surface area contributed by atoms with E-state index in [1.165, 1.54) is 0 Å². The zero-order valence-corrected chi connectivity index (χ0v) is 27.1. The van der Waals surface area contributed by atoms with Gasteiger partial charge in [-0.3, -0.25) is 4.79 Å². The normalized spacial score (nSPS) is 19.6. The van der Waals surface area contributed by atoms with Gasteiger partial charge < -0.3 is 30.8 Å². The largest absolute Gasteiger partial charge is 0.481 e. The molecule has 13 heteroatoms. The van der Waals surface area contributed by atoms with Crippen LogP contribution in [0.1, 0.15) is 49.4 Å². The standard InChI is InChI=1S/C34H34ClN7O4S/c35-31-24(20-6-11-27-26(14-20)40-29(46-27)16-36-15-22-9-10-23(18-43)39-22)2-1-3-25(31)41-33-32-28(12-13-37-33)47-30(42-32)17-38-21-7-4-19(5-8-21)34(44)45/h1-3,6,11-14,19,21-22,36,38-39H,4-5,7-10,15-17H2,(H,37,41)(H,44,45)/t19?,21?,22-/m0/s1. The summed E-state index contributed by atoms with van der Waals surface area (Å²) in [6.07, 6.45) is 6.52. The number of pyridine rings is 1. The van der Waals surface area contributed by atoms with Crippen LogP contribution in [0.4, 0.5) is 11.5 Å². The van der Waals surface area contributed by atoms with E-state index in [0.717, 1.165) is 57.6 Å². The zero-order valence-electron chi connectivity index (χ0n) is 25.5. The Morgan fingerprint density at radius 2 is 1.98 bits per heavy atom. The third-order valence-corrected chi connectivity index (χ3v) is 10.3. The van der Waals surface area contributed by atoms with Crippen molar-refractivity contribution in [1.82, 2.24) is 30.9 Å². The van der Waals surface area contributed by atoms with Crippen molar-refractivity contribution in [3.63, 3.8) is 0 Å². The summed E-state index contributed by atoms with van der Waals surface area (Å²) in [5.74, 6) is 2.24. The van der Waals surface area contributed by atoms with Crippen LogP contribution in [0.3, 0.4) is 0 Å². The maximum absolute atomic E-state index is 11.3. The molecule has 1 atom stereocenters. The summed E-state index contributed by atoms with van der Waals surface area (Å²) in [6.45, 7) is 1.80. The van der Waals surface area contributed by atoms with Crippen molar-refractivity contribution in [3.8, 4) is 11.1 Å². The first-order valence-electron chi connectivity index (χ1n) is 15.8. The van der Waals surface area contributed by atoms with Gasteiger partial charge in [-0.25, -0.2) is 19.7 Å². The molecule has 1 saturated carbocycles. The molecule has 0 spiro atoms. The van der Waals surface area contributed by atoms with Gasteiger partial charge in [-0.15, -0.1) is 11.3 Å². The number of oxazole rings is 1. The number of halogens is 1. The number of hydrogen-bond donors (Lipinski definition) is 5. The molecule has 5 N–H and O–H groups in total. The number of carbonyl (C=O) groups excluding carboxylic acids is 1. The highest BCUT2D eigenvalue weighted by molar-refractivity contribution is 7.18. The number of carboxylic acid groups (broad SMARTS) is 1. The number of anilines is 2. The van der Waals surface area contributed by atoms with Gasteiger partial charge in [0.2, 0.25) is 5.89 Å². The Hall–Kier alpha value is -4.32. The molecule has 0 unspecified atom stereocenters. The van der Waals surface area contributed by atoms with Crippen LogP contribution in [0.2, 0.25) is 5.02 Å². The van der Waals surface area contributed by atoms with Gasteiger partial charge in [0.25, 0.3) is 0 Å². The quantitative estimate of drug-likeness (QED) is 0.102. The molecule has 1 saturated heterocycles. The van der Waals surface area contributed by atoms with Gasteiger partial charge in [0.1, 0.15) is 22.0 Å². The molecule has 1 aliphatic heterocycles. The second-order valence-electron chi connectivity index (χ2n) is 12.1. The van der Waals surface area contributed by atoms with Crippen LogP contribution in [0.5, 0.6) is 0 Å². The number of fused-ring (bicyclic) bond motifs is 2. The van der Waals surface area contributed by atoms with Gasteiger partial charge in [-0.05, 0) is 61.9 Å². The maximum atomic E-state index is 11.3. The van der Waals surface area contributed by atoms with E-state index in [1.54, 1.807) is 17.5 Å². The summed E-state index contributed by atoms with van der Waals surface area (Å²) < 4.78 is 6.98. The highest BCUT2D eigenvalue weighted by Crippen LogP contribution is 2.38. The Kier molecular flexibility index (Phi) is 9.19. The monoisotopic (exact) mass is 671 g/mol. The van der Waals surface area contributed by atoms with E-state index in [4.69, 9.17) is 21.0 Å². The lowest BCUT2D eigenvalue weighted by molar-refractivity contribution is -0.142. The van der Waals surface area contributed by atoms with E-state index >= 15 is 0 Å². The molecule has 11 nitrogen and oxygen atoms in total. The van der Waals surface area contributed by atoms with Gasteiger partial charge in [0, 0.05) is 43.4 Å². The Labute approximate surface area is 279 Å². The second-order valence-corrected chi connectivity index (χ2v) is 13.5. The van der Waals surface area contributed by atoms with E-state index in [2.05, 4.69) is 31.2 Å². The van der Waals surface area contributed by atoms with Crippen LogP contribution >= 0.6 is 22.9 Å². The molecule has 5 aromatic rings.